The Morgan fingerprint density at radius 2 is 2.11 bits per heavy atom. The van der Waals surface area contributed by atoms with Crippen LogP contribution in [0.15, 0.2) is 36.9 Å². The molecular formula is C20H22FN5O. The van der Waals surface area contributed by atoms with Crippen LogP contribution in [0.1, 0.15) is 31.5 Å². The maximum Gasteiger partial charge on any atom is 0.166 e. The number of hydrogen-bond donors (Lipinski definition) is 2. The van der Waals surface area contributed by atoms with Crippen LogP contribution >= 0.6 is 0 Å². The lowest BCUT2D eigenvalue weighted by Gasteiger charge is -2.36. The summed E-state index contributed by atoms with van der Waals surface area (Å²) in [4.78, 5) is 13.6. The number of halogens is 1. The molecule has 2 heterocycles. The van der Waals surface area contributed by atoms with Crippen molar-refractivity contribution in [3.05, 3.63) is 48.6 Å². The largest absolute Gasteiger partial charge is 0.390 e. The number of aryl methyl sites for hydroxylation is 1. The Labute approximate surface area is 156 Å². The lowest BCUT2D eigenvalue weighted by molar-refractivity contribution is -0.0401. The van der Waals surface area contributed by atoms with Gasteiger partial charge in [0.15, 0.2) is 17.0 Å². The topological polar surface area (TPSA) is 89.9 Å². The number of fused-ring (bicyclic) bond motifs is 1. The van der Waals surface area contributed by atoms with Crippen LogP contribution in [-0.2, 0) is 13.0 Å². The van der Waals surface area contributed by atoms with E-state index < -0.39 is 5.60 Å². The molecule has 27 heavy (non-hydrogen) atoms. The standard InChI is InChI=1S/C20H22FN5O/c1-2-11-26-18(13-5-3-6-14(21)12-13)25-16-17(22)23-15(24-19(16)26)7-10-20(27)8-4-9-20/h2-3,5-6,12,27H,1,4,7-11H2,(H2,22,23,24). The molecule has 140 valence electrons. The van der Waals surface area contributed by atoms with Gasteiger partial charge in [-0.25, -0.2) is 19.3 Å². The van der Waals surface area contributed by atoms with Gasteiger partial charge in [-0.3, -0.25) is 0 Å². The molecule has 1 aliphatic carbocycles. The Kier molecular flexibility index (Phi) is 4.39. The van der Waals surface area contributed by atoms with Gasteiger partial charge in [0.25, 0.3) is 0 Å². The van der Waals surface area contributed by atoms with Crippen LogP contribution in [0.5, 0.6) is 0 Å². The Morgan fingerprint density at radius 1 is 1.30 bits per heavy atom. The van der Waals surface area contributed by atoms with E-state index in [0.717, 1.165) is 19.3 Å². The lowest BCUT2D eigenvalue weighted by Crippen LogP contribution is -2.37. The fourth-order valence-corrected chi connectivity index (χ4v) is 3.51. The second-order valence-corrected chi connectivity index (χ2v) is 7.12. The third kappa shape index (κ3) is 3.30. The minimum absolute atomic E-state index is 0.288. The summed E-state index contributed by atoms with van der Waals surface area (Å²) in [6, 6.07) is 6.25. The number of rotatable bonds is 6. The highest BCUT2D eigenvalue weighted by Crippen LogP contribution is 2.35. The van der Waals surface area contributed by atoms with E-state index in [1.165, 1.54) is 12.1 Å². The SMILES string of the molecule is C=CCn1c(-c2cccc(F)c2)nc2c(N)nc(CCC3(O)CCC3)nc21. The summed E-state index contributed by atoms with van der Waals surface area (Å²) in [5.74, 6) is 1.10. The first-order valence-corrected chi connectivity index (χ1v) is 9.11. The molecule has 2 aromatic heterocycles. The van der Waals surface area contributed by atoms with E-state index in [-0.39, 0.29) is 11.6 Å². The van der Waals surface area contributed by atoms with Crippen molar-refractivity contribution in [2.45, 2.75) is 44.2 Å². The Hall–Kier alpha value is -2.80. The molecule has 3 aromatic rings. The molecule has 0 unspecified atom stereocenters. The Bertz CT molecular complexity index is 1010. The molecule has 7 heteroatoms. The molecule has 4 rings (SSSR count). The zero-order valence-electron chi connectivity index (χ0n) is 15.0. The monoisotopic (exact) mass is 367 g/mol. The zero-order valence-corrected chi connectivity index (χ0v) is 15.0. The highest BCUT2D eigenvalue weighted by Gasteiger charge is 2.34. The first kappa shape index (κ1) is 17.6. The summed E-state index contributed by atoms with van der Waals surface area (Å²) in [5, 5.41) is 10.3. The van der Waals surface area contributed by atoms with E-state index in [9.17, 15) is 9.50 Å². The molecule has 0 radical (unpaired) electrons. The molecular weight excluding hydrogens is 345 g/mol. The number of allylic oxidation sites excluding steroid dienone is 1. The fraction of sp³-hybridized carbons (Fsp3) is 0.350. The van der Waals surface area contributed by atoms with Gasteiger partial charge < -0.3 is 15.4 Å². The molecule has 1 aromatic carbocycles. The number of aromatic nitrogens is 4. The minimum Gasteiger partial charge on any atom is -0.390 e. The van der Waals surface area contributed by atoms with Crippen molar-refractivity contribution in [2.24, 2.45) is 0 Å². The Balaban J connectivity index is 1.77. The molecule has 0 bridgehead atoms. The first-order chi connectivity index (χ1) is 13.0. The highest BCUT2D eigenvalue weighted by molar-refractivity contribution is 5.85. The van der Waals surface area contributed by atoms with Crippen LogP contribution in [0, 0.1) is 5.82 Å². The van der Waals surface area contributed by atoms with Gasteiger partial charge >= 0.3 is 0 Å². The van der Waals surface area contributed by atoms with Crippen LogP contribution in [0.3, 0.4) is 0 Å². The maximum atomic E-state index is 13.7. The minimum atomic E-state index is -0.596. The van der Waals surface area contributed by atoms with Crippen LogP contribution < -0.4 is 5.73 Å². The first-order valence-electron chi connectivity index (χ1n) is 9.11. The number of nitrogens with zero attached hydrogens (tertiary/aromatic N) is 4. The predicted molar refractivity (Wildman–Crippen MR) is 102 cm³/mol. The number of nitrogen functional groups attached to an aromatic ring is 1. The second-order valence-electron chi connectivity index (χ2n) is 7.12. The summed E-state index contributed by atoms with van der Waals surface area (Å²) >= 11 is 0. The van der Waals surface area contributed by atoms with Gasteiger partial charge in [-0.15, -0.1) is 6.58 Å². The van der Waals surface area contributed by atoms with Crippen molar-refractivity contribution in [1.29, 1.82) is 0 Å². The van der Waals surface area contributed by atoms with Crippen LogP contribution in [-0.4, -0.2) is 30.2 Å². The van der Waals surface area contributed by atoms with E-state index in [1.807, 2.05) is 4.57 Å². The van der Waals surface area contributed by atoms with Crippen molar-refractivity contribution < 1.29 is 9.50 Å². The van der Waals surface area contributed by atoms with E-state index in [0.29, 0.717) is 47.8 Å². The molecule has 0 saturated heterocycles. The second kappa shape index (κ2) is 6.74. The normalized spacial score (nSPS) is 15.6. The average Bonchev–Trinajstić information content (AvgIpc) is 2.98. The molecule has 1 fully saturated rings. The predicted octanol–water partition coefficient (Wildman–Crippen LogP) is 3.25. The molecule has 0 atom stereocenters. The van der Waals surface area contributed by atoms with Crippen LogP contribution in [0.25, 0.3) is 22.6 Å². The summed E-state index contributed by atoms with van der Waals surface area (Å²) in [6.07, 6.45) is 5.60. The molecule has 0 amide bonds. The van der Waals surface area contributed by atoms with Gasteiger partial charge in [0, 0.05) is 18.5 Å². The molecule has 6 nitrogen and oxygen atoms in total. The zero-order chi connectivity index (χ0) is 19.0. The van der Waals surface area contributed by atoms with Crippen LogP contribution in [0.4, 0.5) is 10.2 Å². The third-order valence-electron chi connectivity index (χ3n) is 5.16. The van der Waals surface area contributed by atoms with Crippen LogP contribution in [0.2, 0.25) is 0 Å². The van der Waals surface area contributed by atoms with Gasteiger partial charge in [-0.1, -0.05) is 18.2 Å². The van der Waals surface area contributed by atoms with E-state index >= 15 is 0 Å². The molecule has 0 aliphatic heterocycles. The van der Waals surface area contributed by atoms with Gasteiger partial charge in [-0.05, 0) is 37.8 Å². The highest BCUT2D eigenvalue weighted by atomic mass is 19.1. The molecule has 1 saturated carbocycles. The summed E-state index contributed by atoms with van der Waals surface area (Å²) < 4.78 is 15.5. The van der Waals surface area contributed by atoms with Crippen molar-refractivity contribution in [3.63, 3.8) is 0 Å². The lowest BCUT2D eigenvalue weighted by atomic mass is 9.77. The molecule has 1 aliphatic rings. The summed E-state index contributed by atoms with van der Waals surface area (Å²) in [5.41, 5.74) is 7.27. The maximum absolute atomic E-state index is 13.7. The van der Waals surface area contributed by atoms with Crippen molar-refractivity contribution in [3.8, 4) is 11.4 Å². The quantitative estimate of drug-likeness (QED) is 0.653. The smallest absolute Gasteiger partial charge is 0.166 e. The van der Waals surface area contributed by atoms with Gasteiger partial charge in [0.05, 0.1) is 5.60 Å². The Morgan fingerprint density at radius 3 is 2.78 bits per heavy atom. The van der Waals surface area contributed by atoms with Gasteiger partial charge in [0.2, 0.25) is 0 Å². The number of benzene rings is 1. The van der Waals surface area contributed by atoms with Crippen molar-refractivity contribution >= 4 is 17.0 Å². The van der Waals surface area contributed by atoms with Crippen molar-refractivity contribution in [2.75, 3.05) is 5.73 Å². The van der Waals surface area contributed by atoms with E-state index in [4.69, 9.17) is 5.73 Å². The number of nitrogens with two attached hydrogens (primary N) is 1. The summed E-state index contributed by atoms with van der Waals surface area (Å²) in [6.45, 7) is 4.26. The van der Waals surface area contributed by atoms with E-state index in [1.54, 1.807) is 18.2 Å². The molecule has 0 spiro atoms. The number of imidazole rings is 1. The number of hydrogen-bond acceptors (Lipinski definition) is 5. The average molecular weight is 367 g/mol. The van der Waals surface area contributed by atoms with Crippen molar-refractivity contribution in [1.82, 2.24) is 19.5 Å². The number of anilines is 1. The van der Waals surface area contributed by atoms with Gasteiger partial charge in [0.1, 0.15) is 17.5 Å². The van der Waals surface area contributed by atoms with E-state index in [2.05, 4.69) is 21.5 Å². The summed E-state index contributed by atoms with van der Waals surface area (Å²) in [7, 11) is 0. The van der Waals surface area contributed by atoms with Gasteiger partial charge in [-0.2, -0.15) is 0 Å². The molecule has 3 N–H and O–H groups in total. The fourth-order valence-electron chi connectivity index (χ4n) is 3.51. The number of aliphatic hydroxyl groups is 1. The third-order valence-corrected chi connectivity index (χ3v) is 5.16.